The maximum atomic E-state index is 12.7. The minimum absolute atomic E-state index is 0.0775. The summed E-state index contributed by atoms with van der Waals surface area (Å²) in [6.45, 7) is 1.35. The van der Waals surface area contributed by atoms with Crippen molar-refractivity contribution in [3.05, 3.63) is 66.1 Å². The number of piperidine rings is 1. The monoisotopic (exact) mass is 378 g/mol. The van der Waals surface area contributed by atoms with Gasteiger partial charge in [0, 0.05) is 12.5 Å². The van der Waals surface area contributed by atoms with Crippen molar-refractivity contribution < 1.29 is 14.0 Å². The lowest BCUT2D eigenvalue weighted by atomic mass is 9.94. The maximum Gasteiger partial charge on any atom is 0.318 e. The smallest absolute Gasteiger partial charge is 0.318 e. The molecule has 0 spiro atoms. The number of oxazole rings is 1. The van der Waals surface area contributed by atoms with Crippen molar-refractivity contribution in [2.24, 2.45) is 5.73 Å². The highest BCUT2D eigenvalue weighted by molar-refractivity contribution is 5.96. The molecule has 2 heterocycles. The lowest BCUT2D eigenvalue weighted by Crippen LogP contribution is -2.47. The Morgan fingerprint density at radius 2 is 1.89 bits per heavy atom. The van der Waals surface area contributed by atoms with Gasteiger partial charge in [0.25, 0.3) is 0 Å². The van der Waals surface area contributed by atoms with Gasteiger partial charge in [-0.15, -0.1) is 0 Å². The van der Waals surface area contributed by atoms with Gasteiger partial charge in [-0.25, -0.2) is 9.78 Å². The molecule has 28 heavy (non-hydrogen) atoms. The predicted molar refractivity (Wildman–Crippen MR) is 104 cm³/mol. The average Bonchev–Trinajstić information content (AvgIpc) is 3.13. The zero-order chi connectivity index (χ0) is 19.5. The molecule has 3 N–H and O–H groups in total. The molecule has 144 valence electrons. The summed E-state index contributed by atoms with van der Waals surface area (Å²) in [6.07, 6.45) is 1.83. The van der Waals surface area contributed by atoms with Crippen molar-refractivity contribution in [3.8, 4) is 0 Å². The van der Waals surface area contributed by atoms with Crippen molar-refractivity contribution in [1.82, 2.24) is 15.2 Å². The first-order chi connectivity index (χ1) is 13.6. The summed E-state index contributed by atoms with van der Waals surface area (Å²) in [6, 6.07) is 15.6. The van der Waals surface area contributed by atoms with Gasteiger partial charge in [0.1, 0.15) is 11.6 Å². The van der Waals surface area contributed by atoms with Crippen LogP contribution in [0.1, 0.15) is 36.3 Å². The highest BCUT2D eigenvalue weighted by Gasteiger charge is 2.34. The molecule has 1 aliphatic heterocycles. The molecule has 4 rings (SSSR count). The summed E-state index contributed by atoms with van der Waals surface area (Å²) < 4.78 is 5.95. The molecule has 1 aromatic heterocycles. The fraction of sp³-hybridized carbons (Fsp3) is 0.286. The van der Waals surface area contributed by atoms with Crippen molar-refractivity contribution in [1.29, 1.82) is 0 Å². The van der Waals surface area contributed by atoms with E-state index < -0.39 is 18.0 Å². The number of likely N-dealkylation sites (tertiary alicyclic amines) is 1. The number of amides is 3. The number of hydrogen-bond donors (Lipinski definition) is 2. The van der Waals surface area contributed by atoms with Crippen molar-refractivity contribution in [2.45, 2.75) is 24.8 Å². The number of hydrogen-bond acceptors (Lipinski definition) is 5. The van der Waals surface area contributed by atoms with Crippen LogP contribution in [0.25, 0.3) is 11.1 Å². The molecule has 3 aromatic rings. The largest absolute Gasteiger partial charge is 0.440 e. The number of urea groups is 1. The van der Waals surface area contributed by atoms with Crippen LogP contribution in [-0.2, 0) is 4.79 Å². The highest BCUT2D eigenvalue weighted by Crippen LogP contribution is 2.33. The minimum Gasteiger partial charge on any atom is -0.440 e. The first-order valence-corrected chi connectivity index (χ1v) is 9.36. The number of fused-ring (bicyclic) bond motifs is 1. The van der Waals surface area contributed by atoms with Crippen LogP contribution >= 0.6 is 0 Å². The summed E-state index contributed by atoms with van der Waals surface area (Å²) in [5, 5.41) is 2.23. The van der Waals surface area contributed by atoms with E-state index in [9.17, 15) is 9.59 Å². The van der Waals surface area contributed by atoms with E-state index in [4.69, 9.17) is 10.2 Å². The number of benzene rings is 2. The fourth-order valence-corrected chi connectivity index (χ4v) is 3.86. The third kappa shape index (κ3) is 3.75. The number of carbonyl (C=O) groups is 2. The van der Waals surface area contributed by atoms with E-state index in [-0.39, 0.29) is 5.92 Å². The molecule has 0 radical (unpaired) electrons. The molecule has 0 aliphatic carbocycles. The summed E-state index contributed by atoms with van der Waals surface area (Å²) in [7, 11) is 0. The van der Waals surface area contributed by atoms with Gasteiger partial charge in [-0.2, -0.15) is 0 Å². The van der Waals surface area contributed by atoms with E-state index in [0.29, 0.717) is 12.4 Å². The lowest BCUT2D eigenvalue weighted by Gasteiger charge is -2.36. The summed E-state index contributed by atoms with van der Waals surface area (Å²) >= 11 is 0. The van der Waals surface area contributed by atoms with Gasteiger partial charge in [0.15, 0.2) is 11.5 Å². The highest BCUT2D eigenvalue weighted by atomic mass is 16.3. The second kappa shape index (κ2) is 7.82. The van der Waals surface area contributed by atoms with Crippen molar-refractivity contribution >= 4 is 23.0 Å². The number of primary amides is 1. The third-order valence-electron chi connectivity index (χ3n) is 5.09. The number of aromatic nitrogens is 1. The zero-order valence-corrected chi connectivity index (χ0v) is 15.4. The second-order valence-electron chi connectivity index (χ2n) is 7.02. The first kappa shape index (κ1) is 18.2. The quantitative estimate of drug-likeness (QED) is 0.727. The van der Waals surface area contributed by atoms with Gasteiger partial charge >= 0.3 is 6.03 Å². The number of nitrogens with one attached hydrogen (secondary N) is 1. The summed E-state index contributed by atoms with van der Waals surface area (Å²) in [4.78, 5) is 30.7. The second-order valence-corrected chi connectivity index (χ2v) is 7.02. The topological polar surface area (TPSA) is 101 Å². The molecule has 1 saturated heterocycles. The molecule has 2 aromatic carbocycles. The molecular weight excluding hydrogens is 356 g/mol. The summed E-state index contributed by atoms with van der Waals surface area (Å²) in [5.41, 5.74) is 7.60. The van der Waals surface area contributed by atoms with Gasteiger partial charge in [-0.1, -0.05) is 42.5 Å². The third-order valence-corrected chi connectivity index (χ3v) is 5.09. The molecule has 7 nitrogen and oxygen atoms in total. The number of carbonyl (C=O) groups excluding carboxylic acids is 2. The van der Waals surface area contributed by atoms with Crippen LogP contribution in [-0.4, -0.2) is 34.9 Å². The van der Waals surface area contributed by atoms with Gasteiger partial charge in [0.05, 0.1) is 0 Å². The van der Waals surface area contributed by atoms with Crippen LogP contribution in [0.5, 0.6) is 0 Å². The fourth-order valence-electron chi connectivity index (χ4n) is 3.86. The number of imide groups is 1. The van der Waals surface area contributed by atoms with E-state index in [1.807, 2.05) is 54.6 Å². The number of nitrogens with two attached hydrogens (primary N) is 1. The molecule has 2 atom stereocenters. The van der Waals surface area contributed by atoms with Gasteiger partial charge < -0.3 is 10.2 Å². The standard InChI is InChI=1S/C21H22N4O3/c22-21(27)24-19(26)18(14-7-2-1-3-8-14)25-12-6-9-15(13-25)20-23-16-10-4-5-11-17(16)28-20/h1-5,7-8,10-11,15,18H,6,9,12-13H2,(H3,22,24,26,27). The van der Waals surface area contributed by atoms with E-state index in [2.05, 4.69) is 15.2 Å². The maximum absolute atomic E-state index is 12.7. The Kier molecular flexibility index (Phi) is 5.08. The predicted octanol–water partition coefficient (Wildman–Crippen LogP) is 2.94. The molecule has 0 saturated carbocycles. The first-order valence-electron chi connectivity index (χ1n) is 9.36. The Bertz CT molecular complexity index is 952. The molecule has 3 amide bonds. The van der Waals surface area contributed by atoms with Crippen LogP contribution in [0, 0.1) is 0 Å². The molecule has 2 unspecified atom stereocenters. The van der Waals surface area contributed by atoms with Crippen LogP contribution in [0.15, 0.2) is 59.0 Å². The summed E-state index contributed by atoms with van der Waals surface area (Å²) in [5.74, 6) is 0.346. The molecule has 0 bridgehead atoms. The minimum atomic E-state index is -0.849. The van der Waals surface area contributed by atoms with E-state index >= 15 is 0 Å². The van der Waals surface area contributed by atoms with Gasteiger partial charge in [-0.3, -0.25) is 15.0 Å². The lowest BCUT2D eigenvalue weighted by molar-refractivity contribution is -0.126. The molecule has 1 aliphatic rings. The Labute approximate surface area is 162 Å². The van der Waals surface area contributed by atoms with Crippen molar-refractivity contribution in [2.75, 3.05) is 13.1 Å². The van der Waals surface area contributed by atoms with Crippen LogP contribution in [0.3, 0.4) is 0 Å². The number of rotatable bonds is 4. The zero-order valence-electron chi connectivity index (χ0n) is 15.4. The Balaban J connectivity index is 1.61. The van der Waals surface area contributed by atoms with E-state index in [1.54, 1.807) is 0 Å². The Hall–Kier alpha value is -3.19. The van der Waals surface area contributed by atoms with Crippen LogP contribution < -0.4 is 11.1 Å². The van der Waals surface area contributed by atoms with Gasteiger partial charge in [-0.05, 0) is 37.1 Å². The molecule has 7 heteroatoms. The Morgan fingerprint density at radius 1 is 1.14 bits per heavy atom. The van der Waals surface area contributed by atoms with Gasteiger partial charge in [0.2, 0.25) is 5.91 Å². The van der Waals surface area contributed by atoms with Crippen LogP contribution in [0.2, 0.25) is 0 Å². The number of nitrogens with zero attached hydrogens (tertiary/aromatic N) is 2. The van der Waals surface area contributed by atoms with E-state index in [0.717, 1.165) is 36.0 Å². The average molecular weight is 378 g/mol. The van der Waals surface area contributed by atoms with Crippen molar-refractivity contribution in [3.63, 3.8) is 0 Å². The number of para-hydroxylation sites is 2. The van der Waals surface area contributed by atoms with Crippen LogP contribution in [0.4, 0.5) is 4.79 Å². The SMILES string of the molecule is NC(=O)NC(=O)C(c1ccccc1)N1CCCC(c2nc3ccccc3o2)C1. The molecular formula is C21H22N4O3. The normalized spacial score (nSPS) is 18.6. The molecule has 1 fully saturated rings. The van der Waals surface area contributed by atoms with E-state index in [1.165, 1.54) is 0 Å². The Morgan fingerprint density at radius 3 is 2.64 bits per heavy atom.